The van der Waals surface area contributed by atoms with Gasteiger partial charge in [0.05, 0.1) is 4.90 Å². The molecule has 9 heteroatoms. The Hall–Kier alpha value is -1.39. The second kappa shape index (κ2) is 8.16. The lowest BCUT2D eigenvalue weighted by atomic mass is 10.0. The summed E-state index contributed by atoms with van der Waals surface area (Å²) in [7, 11) is -3.91. The lowest BCUT2D eigenvalue weighted by molar-refractivity contribution is -0.134. The summed E-state index contributed by atoms with van der Waals surface area (Å²) in [4.78, 5) is 12.4. The molecule has 1 heterocycles. The first-order valence-electron chi connectivity index (χ1n) is 8.63. The predicted octanol–water partition coefficient (Wildman–Crippen LogP) is 3.51. The van der Waals surface area contributed by atoms with Crippen LogP contribution in [0.2, 0.25) is 0 Å². The SMILES string of the molecule is CC1(C)SCCN(S(=O)(=O)c2ccc(-c3ccccc3Br)cc2)[C@H]1C(=O)NO. The van der Waals surface area contributed by atoms with E-state index in [1.165, 1.54) is 16.1 Å². The second-order valence-electron chi connectivity index (χ2n) is 6.95. The number of carbonyl (C=O) groups excluding carboxylic acids is 1. The maximum Gasteiger partial charge on any atom is 0.263 e. The van der Waals surface area contributed by atoms with Gasteiger partial charge in [0.15, 0.2) is 0 Å². The summed E-state index contributed by atoms with van der Waals surface area (Å²) in [6.07, 6.45) is 0. The van der Waals surface area contributed by atoms with Gasteiger partial charge in [0.2, 0.25) is 10.0 Å². The Kier molecular flexibility index (Phi) is 6.21. The van der Waals surface area contributed by atoms with Gasteiger partial charge in [0, 0.05) is 21.5 Å². The van der Waals surface area contributed by atoms with Crippen molar-refractivity contribution in [3.63, 3.8) is 0 Å². The van der Waals surface area contributed by atoms with Gasteiger partial charge in [-0.15, -0.1) is 0 Å². The van der Waals surface area contributed by atoms with Crippen LogP contribution in [0.3, 0.4) is 0 Å². The molecule has 150 valence electrons. The molecule has 2 aromatic rings. The molecule has 0 radical (unpaired) electrons. The zero-order valence-electron chi connectivity index (χ0n) is 15.4. The molecule has 1 aliphatic heterocycles. The van der Waals surface area contributed by atoms with Crippen LogP contribution in [-0.2, 0) is 14.8 Å². The van der Waals surface area contributed by atoms with Crippen LogP contribution < -0.4 is 5.48 Å². The number of nitrogens with one attached hydrogen (secondary N) is 1. The monoisotopic (exact) mass is 484 g/mol. The zero-order valence-corrected chi connectivity index (χ0v) is 18.6. The van der Waals surface area contributed by atoms with Gasteiger partial charge in [0.25, 0.3) is 5.91 Å². The van der Waals surface area contributed by atoms with Crippen molar-refractivity contribution < 1.29 is 18.4 Å². The number of rotatable bonds is 4. The summed E-state index contributed by atoms with van der Waals surface area (Å²) in [5.41, 5.74) is 3.46. The number of hydrogen-bond acceptors (Lipinski definition) is 5. The number of nitrogens with zero attached hydrogens (tertiary/aromatic N) is 1. The molecule has 1 amide bonds. The van der Waals surface area contributed by atoms with Gasteiger partial charge in [0.1, 0.15) is 6.04 Å². The molecule has 2 N–H and O–H groups in total. The Labute approximate surface area is 177 Å². The normalized spacial score (nSPS) is 19.9. The number of benzene rings is 2. The van der Waals surface area contributed by atoms with Crippen LogP contribution in [-0.4, -0.2) is 46.9 Å². The molecule has 1 aliphatic rings. The summed E-state index contributed by atoms with van der Waals surface area (Å²) in [6.45, 7) is 3.80. The number of hydroxylamine groups is 1. The topological polar surface area (TPSA) is 86.7 Å². The van der Waals surface area contributed by atoms with Crippen LogP contribution in [0, 0.1) is 0 Å². The Morgan fingerprint density at radius 1 is 1.21 bits per heavy atom. The molecule has 6 nitrogen and oxygen atoms in total. The molecule has 1 fully saturated rings. The molecular formula is C19H21BrN2O4S2. The number of hydrogen-bond donors (Lipinski definition) is 2. The van der Waals surface area contributed by atoms with Gasteiger partial charge in [-0.2, -0.15) is 16.1 Å². The minimum Gasteiger partial charge on any atom is -0.289 e. The van der Waals surface area contributed by atoms with Gasteiger partial charge in [-0.3, -0.25) is 10.0 Å². The van der Waals surface area contributed by atoms with E-state index >= 15 is 0 Å². The van der Waals surface area contributed by atoms with Crippen LogP contribution >= 0.6 is 27.7 Å². The molecule has 0 bridgehead atoms. The third kappa shape index (κ3) is 3.99. The molecular weight excluding hydrogens is 464 g/mol. The van der Waals surface area contributed by atoms with Crippen molar-refractivity contribution in [1.29, 1.82) is 0 Å². The first-order chi connectivity index (χ1) is 13.2. The van der Waals surface area contributed by atoms with E-state index in [1.807, 2.05) is 24.3 Å². The molecule has 2 aromatic carbocycles. The van der Waals surface area contributed by atoms with Crippen molar-refractivity contribution in [3.8, 4) is 11.1 Å². The van der Waals surface area contributed by atoms with Crippen LogP contribution in [0.15, 0.2) is 57.9 Å². The highest BCUT2D eigenvalue weighted by Crippen LogP contribution is 2.38. The quantitative estimate of drug-likeness (QED) is 0.512. The Morgan fingerprint density at radius 3 is 2.46 bits per heavy atom. The second-order valence-corrected chi connectivity index (χ2v) is 11.4. The minimum atomic E-state index is -3.91. The number of halogens is 1. The lowest BCUT2D eigenvalue weighted by Crippen LogP contribution is -2.61. The van der Waals surface area contributed by atoms with E-state index in [-0.39, 0.29) is 11.4 Å². The van der Waals surface area contributed by atoms with E-state index in [9.17, 15) is 13.2 Å². The van der Waals surface area contributed by atoms with E-state index < -0.39 is 26.7 Å². The van der Waals surface area contributed by atoms with Gasteiger partial charge in [-0.1, -0.05) is 46.3 Å². The third-order valence-corrected chi connectivity index (χ3v) is 8.66. The van der Waals surface area contributed by atoms with Gasteiger partial charge in [-0.05, 0) is 43.2 Å². The number of carbonyl (C=O) groups is 1. The molecule has 0 aromatic heterocycles. The molecule has 0 saturated carbocycles. The maximum absolute atomic E-state index is 13.3. The Balaban J connectivity index is 1.98. The minimum absolute atomic E-state index is 0.113. The molecule has 28 heavy (non-hydrogen) atoms. The number of sulfonamides is 1. The van der Waals surface area contributed by atoms with E-state index in [0.717, 1.165) is 15.6 Å². The van der Waals surface area contributed by atoms with Crippen molar-refractivity contribution in [2.75, 3.05) is 12.3 Å². The summed E-state index contributed by atoms with van der Waals surface area (Å²) in [5.74, 6) is -0.165. The molecule has 1 atom stereocenters. The summed E-state index contributed by atoms with van der Waals surface area (Å²) < 4.78 is 28.0. The highest BCUT2D eigenvalue weighted by atomic mass is 79.9. The van der Waals surface area contributed by atoms with E-state index in [4.69, 9.17) is 5.21 Å². The fourth-order valence-corrected chi connectivity index (χ4v) is 6.98. The van der Waals surface area contributed by atoms with Crippen LogP contribution in [0.4, 0.5) is 0 Å². The molecule has 0 unspecified atom stereocenters. The fourth-order valence-electron chi connectivity index (χ4n) is 3.36. The number of amides is 1. The van der Waals surface area contributed by atoms with E-state index in [1.54, 1.807) is 43.6 Å². The highest BCUT2D eigenvalue weighted by Gasteiger charge is 2.48. The molecule has 0 spiro atoms. The van der Waals surface area contributed by atoms with Crippen LogP contribution in [0.5, 0.6) is 0 Å². The summed E-state index contributed by atoms with van der Waals surface area (Å²) in [5, 5.41) is 9.13. The van der Waals surface area contributed by atoms with E-state index in [0.29, 0.717) is 5.75 Å². The van der Waals surface area contributed by atoms with Crippen molar-refractivity contribution in [2.45, 2.75) is 29.5 Å². The Morgan fingerprint density at radius 2 is 1.86 bits per heavy atom. The van der Waals surface area contributed by atoms with Crippen LogP contribution in [0.1, 0.15) is 13.8 Å². The van der Waals surface area contributed by atoms with Gasteiger partial charge in [-0.25, -0.2) is 13.9 Å². The average Bonchev–Trinajstić information content (AvgIpc) is 2.67. The largest absolute Gasteiger partial charge is 0.289 e. The molecule has 3 rings (SSSR count). The molecule has 0 aliphatic carbocycles. The summed E-state index contributed by atoms with van der Waals surface area (Å²) in [6, 6.07) is 13.3. The fraction of sp³-hybridized carbons (Fsp3) is 0.316. The average molecular weight is 485 g/mol. The maximum atomic E-state index is 13.3. The van der Waals surface area contributed by atoms with Gasteiger partial charge < -0.3 is 0 Å². The van der Waals surface area contributed by atoms with Crippen molar-refractivity contribution in [3.05, 3.63) is 53.0 Å². The zero-order chi connectivity index (χ0) is 20.5. The van der Waals surface area contributed by atoms with Gasteiger partial charge >= 0.3 is 0 Å². The number of thioether (sulfide) groups is 1. The van der Waals surface area contributed by atoms with E-state index in [2.05, 4.69) is 15.9 Å². The highest BCUT2D eigenvalue weighted by molar-refractivity contribution is 9.10. The van der Waals surface area contributed by atoms with Crippen molar-refractivity contribution in [1.82, 2.24) is 9.79 Å². The standard InChI is InChI=1S/C19H21BrN2O4S2/c1-19(2)17(18(23)21-24)22(11-12-27-19)28(25,26)14-9-7-13(8-10-14)15-5-3-4-6-16(15)20/h3-10,17,24H,11-12H2,1-2H3,(H,21,23)/t17-/m0/s1. The van der Waals surface area contributed by atoms with Crippen molar-refractivity contribution in [2.24, 2.45) is 0 Å². The van der Waals surface area contributed by atoms with Crippen LogP contribution in [0.25, 0.3) is 11.1 Å². The predicted molar refractivity (Wildman–Crippen MR) is 114 cm³/mol. The third-order valence-electron chi connectivity index (χ3n) is 4.74. The first kappa shape index (κ1) is 21.3. The van der Waals surface area contributed by atoms with Crippen molar-refractivity contribution >= 4 is 43.6 Å². The summed E-state index contributed by atoms with van der Waals surface area (Å²) >= 11 is 5.01. The lowest BCUT2D eigenvalue weighted by Gasteiger charge is -2.43. The first-order valence-corrected chi connectivity index (χ1v) is 11.8. The molecule has 1 saturated heterocycles. The Bertz CT molecular complexity index is 978. The smallest absolute Gasteiger partial charge is 0.263 e.